The van der Waals surface area contributed by atoms with Gasteiger partial charge in [0.25, 0.3) is 0 Å². The van der Waals surface area contributed by atoms with Crippen molar-refractivity contribution in [2.24, 2.45) is 9.98 Å². The van der Waals surface area contributed by atoms with Crippen LogP contribution in [0.4, 0.5) is 22.7 Å². The fourth-order valence-electron chi connectivity index (χ4n) is 10.1. The monoisotopic (exact) mass is 840 g/mol. The second kappa shape index (κ2) is 16.9. The van der Waals surface area contributed by atoms with Gasteiger partial charge in [-0.15, -0.1) is 0 Å². The molecule has 0 N–H and O–H groups in total. The third-order valence-corrected chi connectivity index (χ3v) is 13.0. The molecule has 10 aromatic rings. The molecule has 10 aromatic carbocycles. The van der Waals surface area contributed by atoms with Gasteiger partial charge in [-0.05, 0) is 35.0 Å². The third-order valence-electron chi connectivity index (χ3n) is 13.0. The van der Waals surface area contributed by atoms with Gasteiger partial charge in [0.05, 0.1) is 34.2 Å². The number of hydrogen-bond donors (Lipinski definition) is 0. The molecule has 0 bridgehead atoms. The fourth-order valence-corrected chi connectivity index (χ4v) is 10.1. The first kappa shape index (κ1) is 39.1. The lowest BCUT2D eigenvalue weighted by molar-refractivity contribution is 1.27. The smallest absolute Gasteiger partial charge is 0.328 e. The molecule has 308 valence electrons. The van der Waals surface area contributed by atoms with E-state index in [1.807, 2.05) is 0 Å². The van der Waals surface area contributed by atoms with Gasteiger partial charge in [0.2, 0.25) is 0 Å². The molecule has 0 atom stereocenters. The van der Waals surface area contributed by atoms with Crippen LogP contribution in [0.25, 0.3) is 21.5 Å². The number of benzene rings is 10. The summed E-state index contributed by atoms with van der Waals surface area (Å²) in [6.07, 6.45) is 0. The summed E-state index contributed by atoms with van der Waals surface area (Å²) in [5.74, 6) is 0. The summed E-state index contributed by atoms with van der Waals surface area (Å²) in [7, 11) is 0. The van der Waals surface area contributed by atoms with Crippen molar-refractivity contribution in [3.8, 4) is 0 Å². The lowest BCUT2D eigenvalue weighted by Crippen LogP contribution is -2.59. The molecule has 0 saturated heterocycles. The van der Waals surface area contributed by atoms with Crippen LogP contribution in [-0.4, -0.2) is 25.1 Å². The molecule has 12 rings (SSSR count). The Bertz CT molecular complexity index is 3180. The van der Waals surface area contributed by atoms with Crippen molar-refractivity contribution in [2.75, 3.05) is 9.62 Å². The average molecular weight is 841 g/mol. The van der Waals surface area contributed by atoms with E-state index in [1.54, 1.807) is 0 Å². The number of nitrogens with zero attached hydrogens (tertiary/aromatic N) is 4. The Morgan fingerprint density at radius 3 is 0.955 bits per heavy atom. The highest BCUT2D eigenvalue weighted by Crippen LogP contribution is 2.46. The summed E-state index contributed by atoms with van der Waals surface area (Å²) in [4.78, 5) is 16.9. The van der Waals surface area contributed by atoms with Crippen LogP contribution in [0.15, 0.2) is 276 Å². The molecule has 0 radical (unpaired) electrons. The highest BCUT2D eigenvalue weighted by atomic mass is 15.2. The van der Waals surface area contributed by atoms with Gasteiger partial charge < -0.3 is 9.62 Å². The number of fused-ring (bicyclic) bond motifs is 4. The van der Waals surface area contributed by atoms with E-state index in [4.69, 9.17) is 9.98 Å². The largest absolute Gasteiger partial charge is 0.373 e. The van der Waals surface area contributed by atoms with Crippen molar-refractivity contribution in [1.82, 2.24) is 0 Å². The maximum atomic E-state index is 5.90. The molecule has 66 heavy (non-hydrogen) atoms. The average Bonchev–Trinajstić information content (AvgIpc) is 3.86. The molecule has 0 fully saturated rings. The molecule has 6 heteroatoms. The van der Waals surface area contributed by atoms with E-state index < -0.39 is 0 Å². The zero-order valence-corrected chi connectivity index (χ0v) is 36.2. The van der Waals surface area contributed by atoms with Crippen LogP contribution in [-0.2, 0) is 0 Å². The maximum absolute atomic E-state index is 5.90. The van der Waals surface area contributed by atoms with Gasteiger partial charge in [0.1, 0.15) is 0 Å². The lowest BCUT2D eigenvalue weighted by atomic mass is 9.48. The number of rotatable bonds is 8. The molecule has 0 aromatic heterocycles. The lowest BCUT2D eigenvalue weighted by Gasteiger charge is -2.35. The van der Waals surface area contributed by atoms with Crippen LogP contribution < -0.4 is 31.5 Å². The Morgan fingerprint density at radius 1 is 0.273 bits per heavy atom. The molecular formula is C60H42B2N4. The molecule has 0 unspecified atom stereocenters. The van der Waals surface area contributed by atoms with Gasteiger partial charge in [0.15, 0.2) is 0 Å². The van der Waals surface area contributed by atoms with Gasteiger partial charge in [-0.3, -0.25) is 0 Å². The number of aliphatic imine (C=N–C) groups is 2. The van der Waals surface area contributed by atoms with Crippen LogP contribution in [0.1, 0.15) is 11.1 Å². The molecule has 2 heterocycles. The SMILES string of the molecule is c1ccc(B(c2ccccc2)N2/C(=C3\C(=Nc4cccc5ccccc45)c4ccccc4N3B(c3ccccc3)c3ccccc3)C(=Nc3cccc4ccccc34)c3ccccc32)cc1. The highest BCUT2D eigenvalue weighted by Gasteiger charge is 2.47. The molecule has 4 nitrogen and oxygen atoms in total. The fraction of sp³-hybridized carbons (Fsp3) is 0. The maximum Gasteiger partial charge on any atom is 0.328 e. The molecule has 0 aliphatic carbocycles. The van der Waals surface area contributed by atoms with Gasteiger partial charge in [-0.1, -0.05) is 252 Å². The zero-order valence-electron chi connectivity index (χ0n) is 36.2. The Hall–Kier alpha value is -8.47. The van der Waals surface area contributed by atoms with E-state index in [0.29, 0.717) is 0 Å². The minimum Gasteiger partial charge on any atom is -0.373 e. The Kier molecular flexibility index (Phi) is 10.0. The van der Waals surface area contributed by atoms with Crippen molar-refractivity contribution in [1.29, 1.82) is 0 Å². The summed E-state index contributed by atoms with van der Waals surface area (Å²) in [6.45, 7) is -0.486. The summed E-state index contributed by atoms with van der Waals surface area (Å²) in [6, 6.07) is 91.3. The minimum absolute atomic E-state index is 0.243. The Morgan fingerprint density at radius 2 is 0.576 bits per heavy atom. The second-order valence-corrected chi connectivity index (χ2v) is 16.8. The van der Waals surface area contributed by atoms with E-state index in [9.17, 15) is 0 Å². The number of para-hydroxylation sites is 2. The molecule has 2 aliphatic rings. The standard InChI is InChI=1S/C60H42B2N4/c1-5-27-45(28-6-1)61(46-29-7-2-8-30-46)65-55-41-19-17-37-51(55)57(63-53-39-21-25-43-23-13-15-35-49(43)53)59(65)60-58(64-54-40-22-26-44-24-14-16-36-50(44)54)52-38-18-20-42-56(52)66(60)62(47-31-9-3-10-32-47)48-33-11-4-12-34-48/h1-42H/b60-59+,63-57?,64-58?. The van der Waals surface area contributed by atoms with Crippen LogP contribution in [0.5, 0.6) is 0 Å². The van der Waals surface area contributed by atoms with Crippen molar-refractivity contribution < 1.29 is 0 Å². The first-order valence-electron chi connectivity index (χ1n) is 22.7. The Balaban J connectivity index is 1.28. The summed E-state index contributed by atoms with van der Waals surface area (Å²) >= 11 is 0. The quantitative estimate of drug-likeness (QED) is 0.143. The Labute approximate surface area is 386 Å². The summed E-state index contributed by atoms with van der Waals surface area (Å²) in [5, 5.41) is 4.48. The topological polar surface area (TPSA) is 31.2 Å². The zero-order chi connectivity index (χ0) is 43.8. The number of anilines is 2. The van der Waals surface area contributed by atoms with Gasteiger partial charge in [0, 0.05) is 33.3 Å². The minimum atomic E-state index is -0.243. The van der Waals surface area contributed by atoms with Crippen LogP contribution in [0, 0.1) is 0 Å². The predicted molar refractivity (Wildman–Crippen MR) is 281 cm³/mol. The molecule has 2 aliphatic heterocycles. The van der Waals surface area contributed by atoms with Gasteiger partial charge in [-0.25, -0.2) is 9.98 Å². The van der Waals surface area contributed by atoms with E-state index in [0.717, 1.165) is 78.2 Å². The van der Waals surface area contributed by atoms with E-state index in [2.05, 4.69) is 264 Å². The number of hydrogen-bond acceptors (Lipinski definition) is 4. The van der Waals surface area contributed by atoms with Crippen molar-refractivity contribution >= 4 is 91.3 Å². The van der Waals surface area contributed by atoms with Crippen molar-refractivity contribution in [3.05, 3.63) is 277 Å². The second-order valence-electron chi connectivity index (χ2n) is 16.8. The summed E-state index contributed by atoms with van der Waals surface area (Å²) < 4.78 is 0. The van der Waals surface area contributed by atoms with Crippen LogP contribution in [0.2, 0.25) is 0 Å². The predicted octanol–water partition coefficient (Wildman–Crippen LogP) is 11.4. The molecule has 0 saturated carbocycles. The van der Waals surface area contributed by atoms with Crippen LogP contribution in [0.3, 0.4) is 0 Å². The summed E-state index contributed by atoms with van der Waals surface area (Å²) in [5.41, 5.74) is 14.5. The normalized spacial score (nSPS) is 15.4. The van der Waals surface area contributed by atoms with E-state index in [1.165, 1.54) is 21.9 Å². The molecular weight excluding hydrogens is 798 g/mol. The first-order chi connectivity index (χ1) is 32.8. The van der Waals surface area contributed by atoms with Gasteiger partial charge >= 0.3 is 13.7 Å². The van der Waals surface area contributed by atoms with E-state index >= 15 is 0 Å². The molecule has 0 spiro atoms. The third kappa shape index (κ3) is 6.83. The number of allylic oxidation sites excluding steroid dienone is 2. The van der Waals surface area contributed by atoms with Gasteiger partial charge in [-0.2, -0.15) is 0 Å². The van der Waals surface area contributed by atoms with Crippen molar-refractivity contribution in [3.63, 3.8) is 0 Å². The first-order valence-corrected chi connectivity index (χ1v) is 22.7. The highest BCUT2D eigenvalue weighted by molar-refractivity contribution is 6.91. The van der Waals surface area contributed by atoms with Crippen molar-refractivity contribution in [2.45, 2.75) is 0 Å². The molecule has 0 amide bonds. The van der Waals surface area contributed by atoms with E-state index in [-0.39, 0.29) is 13.7 Å². The van der Waals surface area contributed by atoms with Crippen LogP contribution >= 0.6 is 0 Å².